The molecule has 0 radical (unpaired) electrons. The van der Waals surface area contributed by atoms with Gasteiger partial charge in [0.25, 0.3) is 0 Å². The van der Waals surface area contributed by atoms with Crippen molar-refractivity contribution >= 4 is 0 Å². The maximum Gasteiger partial charge on any atom is 0.0480 e. The van der Waals surface area contributed by atoms with E-state index in [2.05, 4.69) is 11.8 Å². The largest absolute Gasteiger partial charge is 0.381 e. The van der Waals surface area contributed by atoms with E-state index in [1.165, 1.54) is 51.5 Å². The summed E-state index contributed by atoms with van der Waals surface area (Å²) in [5, 5.41) is 0. The molecule has 0 aromatic carbocycles. The lowest BCUT2D eigenvalue weighted by atomic mass is 9.82. The average Bonchev–Trinajstić information content (AvgIpc) is 2.69. The molecular weight excluding hydrogens is 224 g/mol. The zero-order valence-electron chi connectivity index (χ0n) is 11.9. The summed E-state index contributed by atoms with van der Waals surface area (Å²) in [6.45, 7) is 6.25. The van der Waals surface area contributed by atoms with Gasteiger partial charge in [-0.2, -0.15) is 0 Å². The van der Waals surface area contributed by atoms with Crippen molar-refractivity contribution in [3.63, 3.8) is 0 Å². The molecule has 2 rings (SSSR count). The molecule has 2 fully saturated rings. The summed E-state index contributed by atoms with van der Waals surface area (Å²) in [5.74, 6) is 0.725. The van der Waals surface area contributed by atoms with Crippen molar-refractivity contribution in [2.75, 3.05) is 26.3 Å². The zero-order chi connectivity index (χ0) is 12.8. The Kier molecular flexibility index (Phi) is 5.93. The Balaban J connectivity index is 2.00. The van der Waals surface area contributed by atoms with Crippen LogP contribution >= 0.6 is 0 Å². The van der Waals surface area contributed by atoms with Crippen molar-refractivity contribution in [1.82, 2.24) is 4.90 Å². The Morgan fingerprint density at radius 3 is 2.67 bits per heavy atom. The molecular formula is C15H30N2O. The van der Waals surface area contributed by atoms with Crippen molar-refractivity contribution in [3.05, 3.63) is 0 Å². The third-order valence-corrected chi connectivity index (χ3v) is 4.85. The summed E-state index contributed by atoms with van der Waals surface area (Å²) in [6.07, 6.45) is 9.20. The first kappa shape index (κ1) is 14.3. The van der Waals surface area contributed by atoms with Crippen molar-refractivity contribution in [1.29, 1.82) is 0 Å². The van der Waals surface area contributed by atoms with Crippen LogP contribution in [0.4, 0.5) is 0 Å². The second-order valence-corrected chi connectivity index (χ2v) is 5.88. The second kappa shape index (κ2) is 7.46. The number of rotatable bonds is 4. The Labute approximate surface area is 112 Å². The summed E-state index contributed by atoms with van der Waals surface area (Å²) in [5.41, 5.74) is 6.00. The van der Waals surface area contributed by atoms with Gasteiger partial charge < -0.3 is 10.5 Å². The molecule has 3 nitrogen and oxygen atoms in total. The quantitative estimate of drug-likeness (QED) is 0.837. The van der Waals surface area contributed by atoms with Crippen molar-refractivity contribution < 1.29 is 4.74 Å². The lowest BCUT2D eigenvalue weighted by Crippen LogP contribution is -2.50. The minimum atomic E-state index is 0.725. The van der Waals surface area contributed by atoms with Gasteiger partial charge >= 0.3 is 0 Å². The molecule has 3 unspecified atom stereocenters. The van der Waals surface area contributed by atoms with Crippen LogP contribution in [0.1, 0.15) is 51.9 Å². The van der Waals surface area contributed by atoms with Crippen LogP contribution in [0.2, 0.25) is 0 Å². The predicted molar refractivity (Wildman–Crippen MR) is 75.6 cm³/mol. The van der Waals surface area contributed by atoms with Gasteiger partial charge in [0.05, 0.1) is 0 Å². The van der Waals surface area contributed by atoms with Crippen molar-refractivity contribution in [2.45, 2.75) is 64.0 Å². The molecule has 1 saturated heterocycles. The smallest absolute Gasteiger partial charge is 0.0480 e. The molecule has 0 bridgehead atoms. The van der Waals surface area contributed by atoms with Crippen LogP contribution in [0.25, 0.3) is 0 Å². The van der Waals surface area contributed by atoms with Crippen LogP contribution < -0.4 is 5.73 Å². The first-order valence-corrected chi connectivity index (χ1v) is 7.90. The van der Waals surface area contributed by atoms with Gasteiger partial charge in [-0.1, -0.05) is 19.8 Å². The SMILES string of the molecule is CCN(C1CCCOCC1)C1CCCCC1CN. The molecule has 0 spiro atoms. The highest BCUT2D eigenvalue weighted by Crippen LogP contribution is 2.31. The number of hydrogen-bond acceptors (Lipinski definition) is 3. The van der Waals surface area contributed by atoms with E-state index < -0.39 is 0 Å². The van der Waals surface area contributed by atoms with Crippen LogP contribution in [0.3, 0.4) is 0 Å². The molecule has 106 valence electrons. The molecule has 3 heteroatoms. The molecule has 0 aromatic rings. The number of nitrogens with two attached hydrogens (primary N) is 1. The fourth-order valence-electron chi connectivity index (χ4n) is 3.88. The van der Waals surface area contributed by atoms with E-state index in [4.69, 9.17) is 10.5 Å². The van der Waals surface area contributed by atoms with E-state index in [1.54, 1.807) is 0 Å². The minimum Gasteiger partial charge on any atom is -0.381 e. The van der Waals surface area contributed by atoms with Gasteiger partial charge in [0, 0.05) is 25.3 Å². The molecule has 2 N–H and O–H groups in total. The van der Waals surface area contributed by atoms with E-state index in [0.29, 0.717) is 0 Å². The van der Waals surface area contributed by atoms with E-state index in [1.807, 2.05) is 0 Å². The lowest BCUT2D eigenvalue weighted by Gasteiger charge is -2.43. The second-order valence-electron chi connectivity index (χ2n) is 5.88. The van der Waals surface area contributed by atoms with Crippen LogP contribution in [-0.2, 0) is 4.74 Å². The van der Waals surface area contributed by atoms with Gasteiger partial charge in [0.2, 0.25) is 0 Å². The highest BCUT2D eigenvalue weighted by Gasteiger charge is 2.32. The van der Waals surface area contributed by atoms with Gasteiger partial charge in [-0.3, -0.25) is 4.90 Å². The topological polar surface area (TPSA) is 38.5 Å². The van der Waals surface area contributed by atoms with Crippen molar-refractivity contribution in [3.8, 4) is 0 Å². The molecule has 2 aliphatic rings. The van der Waals surface area contributed by atoms with Gasteiger partial charge in [0.15, 0.2) is 0 Å². The summed E-state index contributed by atoms with van der Waals surface area (Å²) in [7, 11) is 0. The van der Waals surface area contributed by atoms with E-state index in [0.717, 1.165) is 37.8 Å². The highest BCUT2D eigenvalue weighted by molar-refractivity contribution is 4.87. The number of nitrogens with zero attached hydrogens (tertiary/aromatic N) is 1. The first-order chi connectivity index (χ1) is 8.86. The van der Waals surface area contributed by atoms with E-state index >= 15 is 0 Å². The maximum absolute atomic E-state index is 6.00. The monoisotopic (exact) mass is 254 g/mol. The summed E-state index contributed by atoms with van der Waals surface area (Å²) in [6, 6.07) is 1.46. The molecule has 1 aliphatic heterocycles. The van der Waals surface area contributed by atoms with Crippen LogP contribution in [0.5, 0.6) is 0 Å². The first-order valence-electron chi connectivity index (χ1n) is 7.90. The number of hydrogen-bond donors (Lipinski definition) is 1. The predicted octanol–water partition coefficient (Wildman–Crippen LogP) is 2.39. The van der Waals surface area contributed by atoms with Crippen molar-refractivity contribution in [2.24, 2.45) is 11.7 Å². The molecule has 1 saturated carbocycles. The molecule has 0 aromatic heterocycles. The fraction of sp³-hybridized carbons (Fsp3) is 1.00. The Morgan fingerprint density at radius 2 is 1.89 bits per heavy atom. The average molecular weight is 254 g/mol. The van der Waals surface area contributed by atoms with Gasteiger partial charge in [-0.15, -0.1) is 0 Å². The zero-order valence-corrected chi connectivity index (χ0v) is 11.9. The maximum atomic E-state index is 6.00. The minimum absolute atomic E-state index is 0.725. The van der Waals surface area contributed by atoms with Gasteiger partial charge in [-0.25, -0.2) is 0 Å². The highest BCUT2D eigenvalue weighted by atomic mass is 16.5. The summed E-state index contributed by atoms with van der Waals surface area (Å²) >= 11 is 0. The fourth-order valence-corrected chi connectivity index (χ4v) is 3.88. The van der Waals surface area contributed by atoms with Crippen LogP contribution in [0, 0.1) is 5.92 Å². The third-order valence-electron chi connectivity index (χ3n) is 4.85. The van der Waals surface area contributed by atoms with E-state index in [-0.39, 0.29) is 0 Å². The lowest BCUT2D eigenvalue weighted by molar-refractivity contribution is 0.0587. The van der Waals surface area contributed by atoms with Crippen LogP contribution in [-0.4, -0.2) is 43.3 Å². The Morgan fingerprint density at radius 1 is 1.06 bits per heavy atom. The molecule has 1 aliphatic carbocycles. The standard InChI is InChI=1S/C15H30N2O/c1-2-17(14-7-5-10-18-11-9-14)15-8-4-3-6-13(15)12-16/h13-15H,2-12,16H2,1H3. The molecule has 1 heterocycles. The van der Waals surface area contributed by atoms with Crippen LogP contribution in [0.15, 0.2) is 0 Å². The Hall–Kier alpha value is -0.120. The molecule has 3 atom stereocenters. The molecule has 0 amide bonds. The van der Waals surface area contributed by atoms with E-state index in [9.17, 15) is 0 Å². The third kappa shape index (κ3) is 3.46. The number of ether oxygens (including phenoxy) is 1. The summed E-state index contributed by atoms with van der Waals surface area (Å²) < 4.78 is 5.61. The molecule has 18 heavy (non-hydrogen) atoms. The van der Waals surface area contributed by atoms with Gasteiger partial charge in [0.1, 0.15) is 0 Å². The Bertz CT molecular complexity index is 227. The normalized spacial score (nSPS) is 34.5. The summed E-state index contributed by atoms with van der Waals surface area (Å²) in [4.78, 5) is 2.76. The van der Waals surface area contributed by atoms with Gasteiger partial charge in [-0.05, 0) is 51.1 Å².